The van der Waals surface area contributed by atoms with Crippen LogP contribution in [0.1, 0.15) is 12.8 Å². The zero-order valence-electron chi connectivity index (χ0n) is 10.3. The van der Waals surface area contributed by atoms with Crippen molar-refractivity contribution in [1.82, 2.24) is 0 Å². The molecule has 1 aromatic carbocycles. The molecule has 20 heavy (non-hydrogen) atoms. The van der Waals surface area contributed by atoms with Gasteiger partial charge in [-0.3, -0.25) is 14.9 Å². The molecule has 1 aliphatic rings. The number of carbonyl (C=O) groups is 2. The van der Waals surface area contributed by atoms with Gasteiger partial charge >= 0.3 is 5.97 Å². The Morgan fingerprint density at radius 2 is 2.05 bits per heavy atom. The molecule has 0 bridgehead atoms. The van der Waals surface area contributed by atoms with Crippen molar-refractivity contribution in [2.24, 2.45) is 0 Å². The maximum atomic E-state index is 11.9. The van der Waals surface area contributed by atoms with Crippen LogP contribution in [0.15, 0.2) is 24.3 Å². The average molecular weight is 280 g/mol. The molecule has 1 aliphatic heterocycles. The molecule has 1 heterocycles. The van der Waals surface area contributed by atoms with E-state index in [0.717, 1.165) is 0 Å². The molecule has 2 atom stereocenters. The summed E-state index contributed by atoms with van der Waals surface area (Å²) in [5, 5.41) is 21.9. The fourth-order valence-electron chi connectivity index (χ4n) is 1.93. The molecule has 1 amide bonds. The lowest BCUT2D eigenvalue weighted by atomic mass is 10.2. The minimum Gasteiger partial charge on any atom is -0.479 e. The maximum absolute atomic E-state index is 11.9. The first-order chi connectivity index (χ1) is 9.47. The van der Waals surface area contributed by atoms with Crippen LogP contribution in [0.4, 0.5) is 11.4 Å². The van der Waals surface area contributed by atoms with E-state index >= 15 is 0 Å². The minimum absolute atomic E-state index is 0.140. The Balaban J connectivity index is 2.00. The third kappa shape index (κ3) is 3.09. The summed E-state index contributed by atoms with van der Waals surface area (Å²) in [6, 6.07) is 5.49. The van der Waals surface area contributed by atoms with Gasteiger partial charge in [0.25, 0.3) is 11.6 Å². The number of nitro benzene ring substituents is 1. The molecule has 1 aromatic rings. The number of benzene rings is 1. The Kier molecular flexibility index (Phi) is 3.94. The van der Waals surface area contributed by atoms with Gasteiger partial charge in [-0.15, -0.1) is 0 Å². The fraction of sp³-hybridized carbons (Fsp3) is 0.333. The Hall–Kier alpha value is -2.48. The molecule has 8 heteroatoms. The van der Waals surface area contributed by atoms with Crippen LogP contribution in [0, 0.1) is 10.1 Å². The highest BCUT2D eigenvalue weighted by Gasteiger charge is 2.34. The van der Waals surface area contributed by atoms with Gasteiger partial charge in [0, 0.05) is 17.8 Å². The molecule has 106 valence electrons. The number of nitrogens with zero attached hydrogens (tertiary/aromatic N) is 1. The van der Waals surface area contributed by atoms with Gasteiger partial charge in [-0.25, -0.2) is 4.79 Å². The van der Waals surface area contributed by atoms with E-state index in [4.69, 9.17) is 9.84 Å². The fourth-order valence-corrected chi connectivity index (χ4v) is 1.93. The van der Waals surface area contributed by atoms with Gasteiger partial charge in [-0.2, -0.15) is 0 Å². The topological polar surface area (TPSA) is 119 Å². The van der Waals surface area contributed by atoms with Crippen molar-refractivity contribution in [3.05, 3.63) is 34.4 Å². The Morgan fingerprint density at radius 3 is 2.65 bits per heavy atom. The van der Waals surface area contributed by atoms with E-state index in [1.807, 2.05) is 0 Å². The number of anilines is 1. The van der Waals surface area contributed by atoms with E-state index in [9.17, 15) is 19.7 Å². The second kappa shape index (κ2) is 5.66. The first-order valence-electron chi connectivity index (χ1n) is 5.91. The molecule has 8 nitrogen and oxygen atoms in total. The number of hydrogen-bond acceptors (Lipinski definition) is 5. The number of non-ortho nitro benzene ring substituents is 1. The van der Waals surface area contributed by atoms with Crippen LogP contribution in [-0.4, -0.2) is 34.1 Å². The van der Waals surface area contributed by atoms with E-state index in [1.54, 1.807) is 0 Å². The summed E-state index contributed by atoms with van der Waals surface area (Å²) in [5.74, 6) is -1.61. The highest BCUT2D eigenvalue weighted by atomic mass is 16.6. The summed E-state index contributed by atoms with van der Waals surface area (Å²) in [4.78, 5) is 32.6. The number of nitrogens with one attached hydrogen (secondary N) is 1. The monoisotopic (exact) mass is 280 g/mol. The van der Waals surface area contributed by atoms with Crippen molar-refractivity contribution in [3.63, 3.8) is 0 Å². The second-order valence-corrected chi connectivity index (χ2v) is 4.33. The van der Waals surface area contributed by atoms with E-state index < -0.39 is 29.0 Å². The molecule has 0 saturated carbocycles. The van der Waals surface area contributed by atoms with Gasteiger partial charge in [-0.1, -0.05) is 6.07 Å². The van der Waals surface area contributed by atoms with Crippen molar-refractivity contribution >= 4 is 23.3 Å². The molecule has 0 radical (unpaired) electrons. The second-order valence-electron chi connectivity index (χ2n) is 4.33. The predicted octanol–water partition coefficient (Wildman–Crippen LogP) is 1.17. The highest BCUT2D eigenvalue weighted by Crippen LogP contribution is 2.22. The normalized spacial score (nSPS) is 21.4. The van der Waals surface area contributed by atoms with Crippen LogP contribution in [0.2, 0.25) is 0 Å². The smallest absolute Gasteiger partial charge is 0.332 e. The van der Waals surface area contributed by atoms with Gasteiger partial charge in [0.1, 0.15) is 6.10 Å². The van der Waals surface area contributed by atoms with Gasteiger partial charge in [0.2, 0.25) is 0 Å². The van der Waals surface area contributed by atoms with Crippen molar-refractivity contribution in [3.8, 4) is 0 Å². The predicted molar refractivity (Wildman–Crippen MR) is 67.3 cm³/mol. The van der Waals surface area contributed by atoms with Crippen LogP contribution in [-0.2, 0) is 14.3 Å². The molecule has 0 spiro atoms. The minimum atomic E-state index is -1.10. The molecule has 1 saturated heterocycles. The number of ether oxygens (including phenoxy) is 1. The highest BCUT2D eigenvalue weighted by molar-refractivity contribution is 5.95. The number of amides is 1. The molecule has 0 unspecified atom stereocenters. The molecule has 0 aliphatic carbocycles. The summed E-state index contributed by atoms with van der Waals surface area (Å²) < 4.78 is 5.09. The Labute approximate surface area is 113 Å². The standard InChI is InChI=1S/C12H12N2O6/c15-11(9-4-5-10(20-9)12(16)17)13-7-2-1-3-8(6-7)14(18)19/h1-3,6,9-10H,4-5H2,(H,13,15)(H,16,17)/t9-,10+/m0/s1. The molecular formula is C12H12N2O6. The molecular weight excluding hydrogens is 268 g/mol. The maximum Gasteiger partial charge on any atom is 0.332 e. The van der Waals surface area contributed by atoms with E-state index in [2.05, 4.69) is 5.32 Å². The number of carboxylic acids is 1. The molecule has 2 rings (SSSR count). The average Bonchev–Trinajstić information content (AvgIpc) is 2.88. The van der Waals surface area contributed by atoms with Crippen LogP contribution in [0.5, 0.6) is 0 Å². The van der Waals surface area contributed by atoms with E-state index in [0.29, 0.717) is 6.42 Å². The van der Waals surface area contributed by atoms with Crippen LogP contribution < -0.4 is 5.32 Å². The third-order valence-corrected chi connectivity index (χ3v) is 2.91. The van der Waals surface area contributed by atoms with Crippen molar-refractivity contribution in [2.45, 2.75) is 25.0 Å². The summed E-state index contributed by atoms with van der Waals surface area (Å²) in [6.07, 6.45) is -1.26. The largest absolute Gasteiger partial charge is 0.479 e. The van der Waals surface area contributed by atoms with E-state index in [-0.39, 0.29) is 17.8 Å². The molecule has 1 fully saturated rings. The number of aliphatic carboxylic acids is 1. The van der Waals surface area contributed by atoms with Crippen LogP contribution >= 0.6 is 0 Å². The van der Waals surface area contributed by atoms with Crippen molar-refractivity contribution in [1.29, 1.82) is 0 Å². The van der Waals surface area contributed by atoms with Gasteiger partial charge in [-0.05, 0) is 18.9 Å². The van der Waals surface area contributed by atoms with Gasteiger partial charge in [0.05, 0.1) is 4.92 Å². The number of rotatable bonds is 4. The quantitative estimate of drug-likeness (QED) is 0.631. The molecule has 0 aromatic heterocycles. The zero-order chi connectivity index (χ0) is 14.7. The number of hydrogen-bond donors (Lipinski definition) is 2. The van der Waals surface area contributed by atoms with E-state index in [1.165, 1.54) is 24.3 Å². The molecule has 2 N–H and O–H groups in total. The van der Waals surface area contributed by atoms with Crippen molar-refractivity contribution in [2.75, 3.05) is 5.32 Å². The zero-order valence-corrected chi connectivity index (χ0v) is 10.3. The van der Waals surface area contributed by atoms with Crippen molar-refractivity contribution < 1.29 is 24.4 Å². The number of nitro groups is 1. The third-order valence-electron chi connectivity index (χ3n) is 2.91. The summed E-state index contributed by atoms with van der Waals surface area (Å²) >= 11 is 0. The SMILES string of the molecule is O=C(Nc1cccc([N+](=O)[O-])c1)[C@@H]1CC[C@H](C(=O)O)O1. The number of carboxylic acid groups (broad SMARTS) is 1. The lowest BCUT2D eigenvalue weighted by Gasteiger charge is -2.11. The Bertz CT molecular complexity index is 559. The first kappa shape index (κ1) is 13.9. The Morgan fingerprint density at radius 1 is 1.35 bits per heavy atom. The summed E-state index contributed by atoms with van der Waals surface area (Å²) in [5.41, 5.74) is 0.130. The van der Waals surface area contributed by atoms with Gasteiger partial charge < -0.3 is 15.2 Å². The summed E-state index contributed by atoms with van der Waals surface area (Å²) in [7, 11) is 0. The lowest BCUT2D eigenvalue weighted by molar-refractivity contribution is -0.384. The lowest BCUT2D eigenvalue weighted by Crippen LogP contribution is -2.29. The van der Waals surface area contributed by atoms with Crippen LogP contribution in [0.25, 0.3) is 0 Å². The summed E-state index contributed by atoms with van der Waals surface area (Å²) in [6.45, 7) is 0. The van der Waals surface area contributed by atoms with Gasteiger partial charge in [0.15, 0.2) is 6.10 Å². The first-order valence-corrected chi connectivity index (χ1v) is 5.91. The number of carbonyl (C=O) groups excluding carboxylic acids is 1. The van der Waals surface area contributed by atoms with Crippen LogP contribution in [0.3, 0.4) is 0 Å².